The molecule has 0 saturated heterocycles. The fraction of sp³-hybridized carbons (Fsp3) is 0.278. The van der Waals surface area contributed by atoms with Crippen LogP contribution in [0.2, 0.25) is 0 Å². The molecule has 0 aliphatic rings. The van der Waals surface area contributed by atoms with Crippen molar-refractivity contribution in [2.75, 3.05) is 6.54 Å². The number of hydrogen-bond donors (Lipinski definition) is 3. The van der Waals surface area contributed by atoms with Gasteiger partial charge in [-0.1, -0.05) is 44.2 Å². The summed E-state index contributed by atoms with van der Waals surface area (Å²) >= 11 is 0. The number of carbonyl (C=O) groups excluding carboxylic acids is 1. The standard InChI is InChI=1S/C18H23N3O3S/c1-12(2)13-6-8-14(9-7-13)17(19)11-21-25(23,24)16-5-3-4-15(10-16)18(20)22/h3-10,12,17,21H,11,19H2,1-2H3,(H2,20,22). The van der Waals surface area contributed by atoms with Crippen LogP contribution in [-0.4, -0.2) is 20.9 Å². The minimum absolute atomic E-state index is 0.0221. The van der Waals surface area contributed by atoms with Crippen molar-refractivity contribution >= 4 is 15.9 Å². The molecule has 2 aromatic carbocycles. The van der Waals surface area contributed by atoms with Crippen molar-refractivity contribution in [2.45, 2.75) is 30.7 Å². The number of sulfonamides is 1. The molecule has 0 aliphatic heterocycles. The lowest BCUT2D eigenvalue weighted by atomic mass is 9.99. The predicted molar refractivity (Wildman–Crippen MR) is 97.6 cm³/mol. The first-order chi connectivity index (χ1) is 11.7. The van der Waals surface area contributed by atoms with Crippen molar-refractivity contribution in [3.63, 3.8) is 0 Å². The van der Waals surface area contributed by atoms with Crippen LogP contribution >= 0.6 is 0 Å². The van der Waals surface area contributed by atoms with Gasteiger partial charge in [-0.25, -0.2) is 13.1 Å². The number of primary amides is 1. The number of benzene rings is 2. The lowest BCUT2D eigenvalue weighted by Gasteiger charge is -2.15. The van der Waals surface area contributed by atoms with Gasteiger partial charge in [-0.15, -0.1) is 0 Å². The lowest BCUT2D eigenvalue weighted by Crippen LogP contribution is -2.32. The Balaban J connectivity index is 2.08. The minimum atomic E-state index is -3.78. The second-order valence-electron chi connectivity index (χ2n) is 6.17. The lowest BCUT2D eigenvalue weighted by molar-refractivity contribution is 0.1000. The van der Waals surface area contributed by atoms with E-state index in [4.69, 9.17) is 11.5 Å². The van der Waals surface area contributed by atoms with E-state index in [0.717, 1.165) is 5.56 Å². The third-order valence-corrected chi connectivity index (χ3v) is 5.37. The Labute approximate surface area is 148 Å². The molecular weight excluding hydrogens is 338 g/mol. The topological polar surface area (TPSA) is 115 Å². The average molecular weight is 361 g/mol. The van der Waals surface area contributed by atoms with Crippen LogP contribution in [0, 0.1) is 0 Å². The van der Waals surface area contributed by atoms with Gasteiger partial charge in [0.1, 0.15) is 0 Å². The summed E-state index contributed by atoms with van der Waals surface area (Å²) in [5, 5.41) is 0. The van der Waals surface area contributed by atoms with E-state index in [1.807, 2.05) is 24.3 Å². The van der Waals surface area contributed by atoms with Crippen LogP contribution in [0.5, 0.6) is 0 Å². The fourth-order valence-corrected chi connectivity index (χ4v) is 3.45. The Bertz CT molecular complexity index is 846. The van der Waals surface area contributed by atoms with Gasteiger partial charge in [-0.2, -0.15) is 0 Å². The molecule has 7 heteroatoms. The van der Waals surface area contributed by atoms with E-state index in [1.165, 1.54) is 29.8 Å². The zero-order valence-corrected chi connectivity index (χ0v) is 15.1. The number of hydrogen-bond acceptors (Lipinski definition) is 4. The number of nitrogens with two attached hydrogens (primary N) is 2. The molecule has 0 saturated carbocycles. The number of nitrogens with one attached hydrogen (secondary N) is 1. The van der Waals surface area contributed by atoms with Crippen LogP contribution in [0.25, 0.3) is 0 Å². The van der Waals surface area contributed by atoms with E-state index >= 15 is 0 Å². The second-order valence-corrected chi connectivity index (χ2v) is 7.94. The number of rotatable bonds is 7. The molecule has 1 atom stereocenters. The van der Waals surface area contributed by atoms with Gasteiger partial charge in [0.05, 0.1) is 4.90 Å². The van der Waals surface area contributed by atoms with Crippen molar-refractivity contribution in [3.8, 4) is 0 Å². The molecule has 2 rings (SSSR count). The van der Waals surface area contributed by atoms with Crippen molar-refractivity contribution in [1.29, 1.82) is 0 Å². The number of amides is 1. The summed E-state index contributed by atoms with van der Waals surface area (Å²) in [6.45, 7) is 4.25. The molecule has 0 radical (unpaired) electrons. The Kier molecular flexibility index (Phi) is 5.94. The molecule has 0 bridgehead atoms. The molecule has 2 aromatic rings. The van der Waals surface area contributed by atoms with Crippen molar-refractivity contribution < 1.29 is 13.2 Å². The maximum absolute atomic E-state index is 12.4. The van der Waals surface area contributed by atoms with E-state index in [9.17, 15) is 13.2 Å². The van der Waals surface area contributed by atoms with E-state index < -0.39 is 22.0 Å². The van der Waals surface area contributed by atoms with Gasteiger partial charge >= 0.3 is 0 Å². The summed E-state index contributed by atoms with van der Waals surface area (Å²) in [7, 11) is -3.78. The summed E-state index contributed by atoms with van der Waals surface area (Å²) in [5.41, 5.74) is 13.4. The molecule has 0 fully saturated rings. The Hall–Kier alpha value is -2.22. The smallest absolute Gasteiger partial charge is 0.248 e. The minimum Gasteiger partial charge on any atom is -0.366 e. The van der Waals surface area contributed by atoms with Gasteiger partial charge in [0, 0.05) is 18.2 Å². The van der Waals surface area contributed by atoms with Crippen LogP contribution in [-0.2, 0) is 10.0 Å². The molecule has 0 aromatic heterocycles. The maximum Gasteiger partial charge on any atom is 0.248 e. The first kappa shape index (κ1) is 19.1. The van der Waals surface area contributed by atoms with Gasteiger partial charge in [0.2, 0.25) is 15.9 Å². The third-order valence-electron chi connectivity index (χ3n) is 3.95. The fourth-order valence-electron chi connectivity index (χ4n) is 2.35. The zero-order chi connectivity index (χ0) is 18.6. The highest BCUT2D eigenvalue weighted by Crippen LogP contribution is 2.18. The van der Waals surface area contributed by atoms with Crippen molar-refractivity contribution in [1.82, 2.24) is 4.72 Å². The predicted octanol–water partition coefficient (Wildman–Crippen LogP) is 1.89. The zero-order valence-electron chi connectivity index (χ0n) is 14.3. The van der Waals surface area contributed by atoms with Crippen LogP contribution in [0.3, 0.4) is 0 Å². The maximum atomic E-state index is 12.4. The van der Waals surface area contributed by atoms with Gasteiger partial charge in [-0.05, 0) is 35.2 Å². The molecule has 0 spiro atoms. The summed E-state index contributed by atoms with van der Waals surface area (Å²) < 4.78 is 27.2. The van der Waals surface area contributed by atoms with Gasteiger partial charge < -0.3 is 11.5 Å². The first-order valence-electron chi connectivity index (χ1n) is 7.95. The molecular formula is C18H23N3O3S. The normalized spacial score (nSPS) is 13.0. The monoisotopic (exact) mass is 361 g/mol. The number of carbonyl (C=O) groups is 1. The summed E-state index contributed by atoms with van der Waals surface area (Å²) in [4.78, 5) is 11.2. The summed E-state index contributed by atoms with van der Waals surface area (Å²) in [5.74, 6) is -0.264. The molecule has 6 nitrogen and oxygen atoms in total. The highest BCUT2D eigenvalue weighted by molar-refractivity contribution is 7.89. The molecule has 25 heavy (non-hydrogen) atoms. The van der Waals surface area contributed by atoms with E-state index in [-0.39, 0.29) is 17.0 Å². The van der Waals surface area contributed by atoms with Gasteiger partial charge in [0.15, 0.2) is 0 Å². The molecule has 1 amide bonds. The average Bonchev–Trinajstić information content (AvgIpc) is 2.60. The van der Waals surface area contributed by atoms with Crippen LogP contribution < -0.4 is 16.2 Å². The molecule has 5 N–H and O–H groups in total. The molecule has 1 unspecified atom stereocenters. The SMILES string of the molecule is CC(C)c1ccc(C(N)CNS(=O)(=O)c2cccc(C(N)=O)c2)cc1. The Morgan fingerprint density at radius 1 is 1.08 bits per heavy atom. The largest absolute Gasteiger partial charge is 0.366 e. The van der Waals surface area contributed by atoms with Crippen molar-refractivity contribution in [3.05, 3.63) is 65.2 Å². The third kappa shape index (κ3) is 4.88. The van der Waals surface area contributed by atoms with Gasteiger partial charge in [0.25, 0.3) is 0 Å². The summed E-state index contributed by atoms with van der Waals surface area (Å²) in [6.07, 6.45) is 0. The van der Waals surface area contributed by atoms with E-state index in [0.29, 0.717) is 5.92 Å². The highest BCUT2D eigenvalue weighted by Gasteiger charge is 2.17. The second kappa shape index (κ2) is 7.77. The molecule has 0 aliphatic carbocycles. The molecule has 0 heterocycles. The van der Waals surface area contributed by atoms with E-state index in [1.54, 1.807) is 0 Å². The quantitative estimate of drug-likeness (QED) is 0.698. The van der Waals surface area contributed by atoms with Gasteiger partial charge in [-0.3, -0.25) is 4.79 Å². The van der Waals surface area contributed by atoms with Crippen LogP contribution in [0.1, 0.15) is 47.3 Å². The molecule has 134 valence electrons. The van der Waals surface area contributed by atoms with Crippen LogP contribution in [0.15, 0.2) is 53.4 Å². The van der Waals surface area contributed by atoms with Crippen molar-refractivity contribution in [2.24, 2.45) is 11.5 Å². The van der Waals surface area contributed by atoms with Crippen LogP contribution in [0.4, 0.5) is 0 Å². The Morgan fingerprint density at radius 3 is 2.24 bits per heavy atom. The Morgan fingerprint density at radius 2 is 1.68 bits per heavy atom. The first-order valence-corrected chi connectivity index (χ1v) is 9.44. The highest BCUT2D eigenvalue weighted by atomic mass is 32.2. The summed E-state index contributed by atoms with van der Waals surface area (Å²) in [6, 6.07) is 12.9. The van der Waals surface area contributed by atoms with E-state index in [2.05, 4.69) is 18.6 Å².